The van der Waals surface area contributed by atoms with Gasteiger partial charge in [0.15, 0.2) is 18.1 Å². The predicted molar refractivity (Wildman–Crippen MR) is 97.3 cm³/mol. The zero-order valence-corrected chi connectivity index (χ0v) is 15.0. The molecule has 0 fully saturated rings. The van der Waals surface area contributed by atoms with Crippen LogP contribution in [0.4, 0.5) is 0 Å². The summed E-state index contributed by atoms with van der Waals surface area (Å²) in [5, 5.41) is 2.68. The van der Waals surface area contributed by atoms with Gasteiger partial charge in [-0.05, 0) is 31.2 Å². The lowest BCUT2D eigenvalue weighted by molar-refractivity contribution is -0.124. The highest BCUT2D eigenvalue weighted by atomic mass is 16.6. The smallest absolute Gasteiger partial charge is 0.342 e. The molecular formula is C20H21NO6. The fourth-order valence-corrected chi connectivity index (χ4v) is 2.57. The quantitative estimate of drug-likeness (QED) is 0.752. The summed E-state index contributed by atoms with van der Waals surface area (Å²) in [6, 6.07) is 14.1. The van der Waals surface area contributed by atoms with Gasteiger partial charge in [-0.3, -0.25) is 4.79 Å². The molecule has 27 heavy (non-hydrogen) atoms. The summed E-state index contributed by atoms with van der Waals surface area (Å²) in [4.78, 5) is 24.1. The van der Waals surface area contributed by atoms with Gasteiger partial charge in [0, 0.05) is 0 Å². The number of rotatable bonds is 7. The summed E-state index contributed by atoms with van der Waals surface area (Å²) in [5.41, 5.74) is 0.285. The lowest BCUT2D eigenvalue weighted by atomic mass is 10.2. The number of ether oxygens (including phenoxy) is 4. The van der Waals surface area contributed by atoms with Crippen molar-refractivity contribution in [1.82, 2.24) is 5.32 Å². The molecule has 0 saturated carbocycles. The van der Waals surface area contributed by atoms with Crippen molar-refractivity contribution in [3.8, 4) is 17.2 Å². The number of carbonyl (C=O) groups is 2. The van der Waals surface area contributed by atoms with Gasteiger partial charge in [0.05, 0.1) is 13.2 Å². The van der Waals surface area contributed by atoms with Gasteiger partial charge in [-0.25, -0.2) is 4.79 Å². The van der Waals surface area contributed by atoms with Gasteiger partial charge >= 0.3 is 5.97 Å². The average Bonchev–Trinajstić information content (AvgIpc) is 2.71. The number of nitrogens with one attached hydrogen (secondary N) is 1. The molecule has 0 aromatic heterocycles. The topological polar surface area (TPSA) is 83.1 Å². The number of benzene rings is 2. The summed E-state index contributed by atoms with van der Waals surface area (Å²) in [6.07, 6.45) is -0.307. The number of fused-ring (bicyclic) bond motifs is 1. The Kier molecular flexibility index (Phi) is 6.14. The van der Waals surface area contributed by atoms with Crippen LogP contribution in [0.3, 0.4) is 0 Å². The maximum Gasteiger partial charge on any atom is 0.342 e. The molecule has 1 atom stereocenters. The molecule has 2 aromatic rings. The summed E-state index contributed by atoms with van der Waals surface area (Å²) in [7, 11) is 0. The molecule has 7 nitrogen and oxygen atoms in total. The van der Waals surface area contributed by atoms with Gasteiger partial charge in [-0.2, -0.15) is 0 Å². The zero-order chi connectivity index (χ0) is 19.1. The van der Waals surface area contributed by atoms with E-state index >= 15 is 0 Å². The van der Waals surface area contributed by atoms with Crippen molar-refractivity contribution in [2.45, 2.75) is 13.0 Å². The van der Waals surface area contributed by atoms with Gasteiger partial charge < -0.3 is 24.3 Å². The standard InChI is InChI=1S/C20H21NO6/c1-2-24-16-8-4-3-7-15(16)20(23)26-13-19(22)21-11-14-12-25-17-9-5-6-10-18(17)27-14/h3-10,14H,2,11-13H2,1H3,(H,21,22)/t14-/m1/s1. The largest absolute Gasteiger partial charge is 0.493 e. The molecule has 0 saturated heterocycles. The van der Waals surface area contributed by atoms with Gasteiger partial charge in [0.1, 0.15) is 24.0 Å². The number of amides is 1. The summed E-state index contributed by atoms with van der Waals surface area (Å²) in [5.74, 6) is 0.723. The third-order valence-electron chi connectivity index (χ3n) is 3.84. The molecular weight excluding hydrogens is 350 g/mol. The Morgan fingerprint density at radius 2 is 1.85 bits per heavy atom. The predicted octanol–water partition coefficient (Wildman–Crippen LogP) is 2.20. The molecule has 0 radical (unpaired) electrons. The van der Waals surface area contributed by atoms with Gasteiger partial charge in [0.2, 0.25) is 0 Å². The molecule has 1 heterocycles. The zero-order valence-electron chi connectivity index (χ0n) is 15.0. The molecule has 7 heteroatoms. The minimum Gasteiger partial charge on any atom is -0.493 e. The van der Waals surface area contributed by atoms with Crippen molar-refractivity contribution in [2.75, 3.05) is 26.4 Å². The van der Waals surface area contributed by atoms with Crippen LogP contribution in [0.15, 0.2) is 48.5 Å². The Labute approximate surface area is 157 Å². The summed E-state index contributed by atoms with van der Waals surface area (Å²) >= 11 is 0. The van der Waals surface area contributed by atoms with Crippen LogP contribution in [0, 0.1) is 0 Å². The molecule has 2 aromatic carbocycles. The number of hydrogen-bond acceptors (Lipinski definition) is 6. The lowest BCUT2D eigenvalue weighted by Crippen LogP contribution is -2.42. The molecule has 1 aliphatic rings. The van der Waals surface area contributed by atoms with Crippen molar-refractivity contribution in [1.29, 1.82) is 0 Å². The molecule has 0 unspecified atom stereocenters. The Morgan fingerprint density at radius 1 is 1.11 bits per heavy atom. The second-order valence-corrected chi connectivity index (χ2v) is 5.81. The fraction of sp³-hybridized carbons (Fsp3) is 0.300. The van der Waals surface area contributed by atoms with E-state index in [0.717, 1.165) is 0 Å². The first kappa shape index (κ1) is 18.6. The lowest BCUT2D eigenvalue weighted by Gasteiger charge is -2.26. The van der Waals surface area contributed by atoms with E-state index in [1.165, 1.54) is 0 Å². The summed E-state index contributed by atoms with van der Waals surface area (Å²) in [6.45, 7) is 2.45. The van der Waals surface area contributed by atoms with E-state index in [-0.39, 0.29) is 24.8 Å². The number of para-hydroxylation sites is 3. The van der Waals surface area contributed by atoms with Gasteiger partial charge in [-0.1, -0.05) is 24.3 Å². The normalized spacial score (nSPS) is 14.9. The van der Waals surface area contributed by atoms with E-state index in [9.17, 15) is 9.59 Å². The van der Waals surface area contributed by atoms with Crippen molar-refractivity contribution in [3.05, 3.63) is 54.1 Å². The second kappa shape index (κ2) is 8.93. The van der Waals surface area contributed by atoms with E-state index < -0.39 is 11.9 Å². The highest BCUT2D eigenvalue weighted by Gasteiger charge is 2.21. The van der Waals surface area contributed by atoms with E-state index in [4.69, 9.17) is 18.9 Å². The van der Waals surface area contributed by atoms with Crippen molar-refractivity contribution >= 4 is 11.9 Å². The monoisotopic (exact) mass is 371 g/mol. The van der Waals surface area contributed by atoms with Crippen molar-refractivity contribution < 1.29 is 28.5 Å². The number of esters is 1. The minimum atomic E-state index is -0.611. The highest BCUT2D eigenvalue weighted by Crippen LogP contribution is 2.30. The maximum atomic E-state index is 12.2. The molecule has 1 N–H and O–H groups in total. The second-order valence-electron chi connectivity index (χ2n) is 5.81. The van der Waals surface area contributed by atoms with Gasteiger partial charge in [0.25, 0.3) is 5.91 Å². The fourth-order valence-electron chi connectivity index (χ4n) is 2.57. The molecule has 1 amide bonds. The number of carbonyl (C=O) groups excluding carboxylic acids is 2. The Bertz CT molecular complexity index is 807. The van der Waals surface area contributed by atoms with Crippen molar-refractivity contribution in [2.24, 2.45) is 0 Å². The Hall–Kier alpha value is -3.22. The van der Waals surface area contributed by atoms with Crippen LogP contribution >= 0.6 is 0 Å². The maximum absolute atomic E-state index is 12.2. The van der Waals surface area contributed by atoms with Crippen LogP contribution in [0.5, 0.6) is 17.2 Å². The minimum absolute atomic E-state index is 0.250. The molecule has 142 valence electrons. The van der Waals surface area contributed by atoms with Crippen LogP contribution in [0.1, 0.15) is 17.3 Å². The SMILES string of the molecule is CCOc1ccccc1C(=O)OCC(=O)NC[C@@H]1COc2ccccc2O1. The van der Waals surface area contributed by atoms with Gasteiger partial charge in [-0.15, -0.1) is 0 Å². The molecule has 0 spiro atoms. The van der Waals surface area contributed by atoms with Crippen LogP contribution in [-0.4, -0.2) is 44.3 Å². The van der Waals surface area contributed by atoms with Crippen LogP contribution in [0.25, 0.3) is 0 Å². The van der Waals surface area contributed by atoms with E-state index in [2.05, 4.69) is 5.32 Å². The molecule has 3 rings (SSSR count). The third kappa shape index (κ3) is 4.91. The molecule has 0 aliphatic carbocycles. The van der Waals surface area contributed by atoms with E-state index in [0.29, 0.717) is 30.5 Å². The Balaban J connectivity index is 1.44. The summed E-state index contributed by atoms with van der Waals surface area (Å²) < 4.78 is 21.8. The van der Waals surface area contributed by atoms with Crippen LogP contribution in [-0.2, 0) is 9.53 Å². The first-order chi connectivity index (χ1) is 13.2. The van der Waals surface area contributed by atoms with Crippen LogP contribution in [0.2, 0.25) is 0 Å². The highest BCUT2D eigenvalue weighted by molar-refractivity contribution is 5.93. The molecule has 1 aliphatic heterocycles. The van der Waals surface area contributed by atoms with Crippen molar-refractivity contribution in [3.63, 3.8) is 0 Å². The third-order valence-corrected chi connectivity index (χ3v) is 3.84. The number of hydrogen-bond donors (Lipinski definition) is 1. The van der Waals surface area contributed by atoms with Crippen LogP contribution < -0.4 is 19.5 Å². The molecule has 0 bridgehead atoms. The van der Waals surface area contributed by atoms with E-state index in [1.807, 2.05) is 25.1 Å². The first-order valence-corrected chi connectivity index (χ1v) is 8.71. The first-order valence-electron chi connectivity index (χ1n) is 8.71. The van der Waals surface area contributed by atoms with E-state index in [1.54, 1.807) is 30.3 Å². The Morgan fingerprint density at radius 3 is 2.67 bits per heavy atom. The average molecular weight is 371 g/mol.